The maximum absolute atomic E-state index is 5.56. The Labute approximate surface area is 106 Å². The van der Waals surface area contributed by atoms with E-state index >= 15 is 0 Å². The quantitative estimate of drug-likeness (QED) is 0.835. The molecule has 0 aliphatic heterocycles. The SMILES string of the molecule is CC(C)(C)c1nc(OCc2ccccc2)ns1. The van der Waals surface area contributed by atoms with Crippen LogP contribution in [0.15, 0.2) is 30.3 Å². The molecule has 1 heterocycles. The van der Waals surface area contributed by atoms with Gasteiger partial charge in [-0.1, -0.05) is 51.1 Å². The summed E-state index contributed by atoms with van der Waals surface area (Å²) in [4.78, 5) is 4.38. The Morgan fingerprint density at radius 2 is 1.88 bits per heavy atom. The number of benzene rings is 1. The van der Waals surface area contributed by atoms with E-state index in [4.69, 9.17) is 4.74 Å². The second-order valence-electron chi connectivity index (χ2n) is 4.91. The van der Waals surface area contributed by atoms with Crippen molar-refractivity contribution < 1.29 is 4.74 Å². The summed E-state index contributed by atoms with van der Waals surface area (Å²) in [5.74, 6) is 0. The van der Waals surface area contributed by atoms with Crippen molar-refractivity contribution in [1.29, 1.82) is 0 Å². The van der Waals surface area contributed by atoms with Crippen LogP contribution in [0.2, 0.25) is 0 Å². The third-order valence-electron chi connectivity index (χ3n) is 2.26. The van der Waals surface area contributed by atoms with Crippen LogP contribution in [0.4, 0.5) is 0 Å². The molecule has 0 radical (unpaired) electrons. The van der Waals surface area contributed by atoms with Crippen LogP contribution in [-0.2, 0) is 12.0 Å². The van der Waals surface area contributed by atoms with Crippen molar-refractivity contribution in [1.82, 2.24) is 9.36 Å². The van der Waals surface area contributed by atoms with Crippen LogP contribution in [0.1, 0.15) is 31.3 Å². The predicted molar refractivity (Wildman–Crippen MR) is 69.4 cm³/mol. The molecule has 0 atom stereocenters. The number of aromatic nitrogens is 2. The van der Waals surface area contributed by atoms with Crippen molar-refractivity contribution in [2.24, 2.45) is 0 Å². The molecule has 90 valence electrons. The van der Waals surface area contributed by atoms with Gasteiger partial charge in [-0.3, -0.25) is 0 Å². The zero-order valence-corrected chi connectivity index (χ0v) is 11.1. The van der Waals surface area contributed by atoms with Gasteiger partial charge in [0.25, 0.3) is 0 Å². The highest BCUT2D eigenvalue weighted by molar-refractivity contribution is 7.05. The number of hydrogen-bond donors (Lipinski definition) is 0. The van der Waals surface area contributed by atoms with E-state index in [1.807, 2.05) is 30.3 Å². The van der Waals surface area contributed by atoms with E-state index in [0.717, 1.165) is 10.6 Å². The molecule has 0 amide bonds. The molecule has 17 heavy (non-hydrogen) atoms. The lowest BCUT2D eigenvalue weighted by molar-refractivity contribution is 0.283. The van der Waals surface area contributed by atoms with E-state index in [1.165, 1.54) is 11.5 Å². The van der Waals surface area contributed by atoms with E-state index in [1.54, 1.807) is 0 Å². The molecule has 0 fully saturated rings. The topological polar surface area (TPSA) is 35.0 Å². The minimum atomic E-state index is 0.0338. The molecular weight excluding hydrogens is 232 g/mol. The summed E-state index contributed by atoms with van der Waals surface area (Å²) in [7, 11) is 0. The zero-order chi connectivity index (χ0) is 12.3. The summed E-state index contributed by atoms with van der Waals surface area (Å²) >= 11 is 1.41. The molecule has 0 spiro atoms. The number of hydrogen-bond acceptors (Lipinski definition) is 4. The largest absolute Gasteiger partial charge is 0.458 e. The van der Waals surface area contributed by atoms with Crippen LogP contribution in [0.25, 0.3) is 0 Å². The van der Waals surface area contributed by atoms with Gasteiger partial charge in [-0.2, -0.15) is 4.98 Å². The molecule has 0 unspecified atom stereocenters. The Bertz CT molecular complexity index is 474. The average molecular weight is 248 g/mol. The summed E-state index contributed by atoms with van der Waals surface area (Å²) in [5.41, 5.74) is 1.16. The van der Waals surface area contributed by atoms with Gasteiger partial charge in [0.2, 0.25) is 0 Å². The Kier molecular flexibility index (Phi) is 3.43. The van der Waals surface area contributed by atoms with Gasteiger partial charge in [-0.05, 0) is 17.1 Å². The minimum absolute atomic E-state index is 0.0338. The van der Waals surface area contributed by atoms with Crippen molar-refractivity contribution in [2.45, 2.75) is 32.8 Å². The molecule has 3 nitrogen and oxygen atoms in total. The summed E-state index contributed by atoms with van der Waals surface area (Å²) in [6, 6.07) is 10.5. The Hall–Kier alpha value is -1.42. The summed E-state index contributed by atoms with van der Waals surface area (Å²) < 4.78 is 9.76. The first kappa shape index (κ1) is 12.0. The number of nitrogens with zero attached hydrogens (tertiary/aromatic N) is 2. The minimum Gasteiger partial charge on any atom is -0.458 e. The molecule has 0 saturated heterocycles. The van der Waals surface area contributed by atoms with Crippen LogP contribution in [-0.4, -0.2) is 9.36 Å². The van der Waals surface area contributed by atoms with Crippen molar-refractivity contribution in [3.05, 3.63) is 40.9 Å². The zero-order valence-electron chi connectivity index (χ0n) is 10.3. The maximum atomic E-state index is 5.56. The average Bonchev–Trinajstić information content (AvgIpc) is 2.76. The van der Waals surface area contributed by atoms with E-state index in [2.05, 4.69) is 30.1 Å². The van der Waals surface area contributed by atoms with Crippen LogP contribution in [0.5, 0.6) is 6.01 Å². The van der Waals surface area contributed by atoms with Gasteiger partial charge in [0.1, 0.15) is 11.6 Å². The molecule has 0 saturated carbocycles. The van der Waals surface area contributed by atoms with E-state index in [9.17, 15) is 0 Å². The highest BCUT2D eigenvalue weighted by atomic mass is 32.1. The van der Waals surface area contributed by atoms with Crippen molar-refractivity contribution in [3.8, 4) is 6.01 Å². The number of ether oxygens (including phenoxy) is 1. The third kappa shape index (κ3) is 3.27. The van der Waals surface area contributed by atoms with Gasteiger partial charge in [0.05, 0.1) is 0 Å². The lowest BCUT2D eigenvalue weighted by atomic mass is 9.98. The molecule has 4 heteroatoms. The fourth-order valence-electron chi connectivity index (χ4n) is 1.30. The van der Waals surface area contributed by atoms with Crippen LogP contribution < -0.4 is 4.74 Å². The fraction of sp³-hybridized carbons (Fsp3) is 0.385. The van der Waals surface area contributed by atoms with Gasteiger partial charge >= 0.3 is 6.01 Å². The highest BCUT2D eigenvalue weighted by Crippen LogP contribution is 2.25. The first-order valence-corrected chi connectivity index (χ1v) is 6.34. The maximum Gasteiger partial charge on any atom is 0.328 e. The Morgan fingerprint density at radius 1 is 1.18 bits per heavy atom. The molecule has 0 bridgehead atoms. The summed E-state index contributed by atoms with van der Waals surface area (Å²) in [6.07, 6.45) is 0. The smallest absolute Gasteiger partial charge is 0.328 e. The van der Waals surface area contributed by atoms with Gasteiger partial charge in [0.15, 0.2) is 0 Å². The molecule has 0 aliphatic carbocycles. The lowest BCUT2D eigenvalue weighted by Crippen LogP contribution is -2.10. The lowest BCUT2D eigenvalue weighted by Gasteiger charge is -2.12. The van der Waals surface area contributed by atoms with Crippen LogP contribution in [0, 0.1) is 0 Å². The first-order valence-electron chi connectivity index (χ1n) is 5.56. The van der Waals surface area contributed by atoms with Gasteiger partial charge in [-0.25, -0.2) is 0 Å². The van der Waals surface area contributed by atoms with Crippen molar-refractivity contribution >= 4 is 11.5 Å². The van der Waals surface area contributed by atoms with Gasteiger partial charge < -0.3 is 4.74 Å². The second kappa shape index (κ2) is 4.84. The number of rotatable bonds is 3. The fourth-order valence-corrected chi connectivity index (χ4v) is 1.95. The first-order chi connectivity index (χ1) is 8.05. The molecule has 0 N–H and O–H groups in total. The normalized spacial score (nSPS) is 11.5. The van der Waals surface area contributed by atoms with Crippen LogP contribution >= 0.6 is 11.5 Å². The Balaban J connectivity index is 1.99. The standard InChI is InChI=1S/C13H16N2OS/c1-13(2,3)11-14-12(15-17-11)16-9-10-7-5-4-6-8-10/h4-8H,9H2,1-3H3. The third-order valence-corrected chi connectivity index (χ3v) is 3.38. The van der Waals surface area contributed by atoms with Crippen molar-refractivity contribution in [2.75, 3.05) is 0 Å². The van der Waals surface area contributed by atoms with Gasteiger partial charge in [-0.15, -0.1) is 4.37 Å². The van der Waals surface area contributed by atoms with Crippen molar-refractivity contribution in [3.63, 3.8) is 0 Å². The summed E-state index contributed by atoms with van der Waals surface area (Å²) in [5, 5.41) is 1.00. The molecule has 1 aromatic heterocycles. The highest BCUT2D eigenvalue weighted by Gasteiger charge is 2.19. The molecular formula is C13H16N2OS. The molecule has 0 aliphatic rings. The van der Waals surface area contributed by atoms with Crippen LogP contribution in [0.3, 0.4) is 0 Å². The Morgan fingerprint density at radius 3 is 2.47 bits per heavy atom. The predicted octanol–water partition coefficient (Wildman–Crippen LogP) is 3.41. The van der Waals surface area contributed by atoms with E-state index in [-0.39, 0.29) is 5.41 Å². The monoisotopic (exact) mass is 248 g/mol. The van der Waals surface area contributed by atoms with Gasteiger partial charge in [0, 0.05) is 5.41 Å². The molecule has 1 aromatic carbocycles. The molecule has 2 rings (SSSR count). The second-order valence-corrected chi connectivity index (χ2v) is 5.66. The molecule has 2 aromatic rings. The summed E-state index contributed by atoms with van der Waals surface area (Å²) in [6.45, 7) is 6.87. The van der Waals surface area contributed by atoms with E-state index in [0.29, 0.717) is 12.6 Å². The van der Waals surface area contributed by atoms with E-state index < -0.39 is 0 Å².